The number of ether oxygens (including phenoxy) is 2. The molecule has 41 heavy (non-hydrogen) atoms. The maximum atomic E-state index is 6.67. The normalized spacial score (nSPS) is 22.4. The SMILES string of the molecule is Cc1cc(C)c(OOSN[C@H]2CN(Cc3ccccc3)CCN(Cc3ccccc3)C[C@H]2OC2CCCO2)c(C)c1. The summed E-state index contributed by atoms with van der Waals surface area (Å²) in [6, 6.07) is 25.5. The second-order valence-corrected chi connectivity index (χ2v) is 11.8. The quantitative estimate of drug-likeness (QED) is 0.0982. The van der Waals surface area contributed by atoms with E-state index in [9.17, 15) is 0 Å². The molecule has 1 N–H and O–H groups in total. The predicted molar refractivity (Wildman–Crippen MR) is 164 cm³/mol. The summed E-state index contributed by atoms with van der Waals surface area (Å²) in [5, 5.41) is 0. The molecular formula is C33H43N3O4S. The van der Waals surface area contributed by atoms with Crippen molar-refractivity contribution in [3.63, 3.8) is 0 Å². The molecule has 0 aromatic heterocycles. The number of aryl methyl sites for hydroxylation is 3. The van der Waals surface area contributed by atoms with Crippen molar-refractivity contribution in [3.05, 3.63) is 101 Å². The van der Waals surface area contributed by atoms with Crippen molar-refractivity contribution < 1.29 is 18.7 Å². The highest BCUT2D eigenvalue weighted by Gasteiger charge is 2.33. The van der Waals surface area contributed by atoms with Crippen molar-refractivity contribution in [1.82, 2.24) is 14.5 Å². The molecule has 7 nitrogen and oxygen atoms in total. The van der Waals surface area contributed by atoms with E-state index < -0.39 is 0 Å². The molecule has 1 unspecified atom stereocenters. The zero-order valence-electron chi connectivity index (χ0n) is 24.5. The molecule has 2 heterocycles. The van der Waals surface area contributed by atoms with E-state index in [1.807, 2.05) is 13.8 Å². The van der Waals surface area contributed by atoms with Gasteiger partial charge in [0.2, 0.25) is 0 Å². The molecule has 3 atom stereocenters. The van der Waals surface area contributed by atoms with Gasteiger partial charge in [0.05, 0.1) is 12.1 Å². The van der Waals surface area contributed by atoms with E-state index in [-0.39, 0.29) is 18.4 Å². The highest BCUT2D eigenvalue weighted by Crippen LogP contribution is 2.26. The Bertz CT molecular complexity index is 1190. The standard InChI is InChI=1S/C33H43N3O4S/c1-25-19-26(2)33(27(3)20-25)39-40-41-34-30-23-35(21-28-11-6-4-7-12-28)16-17-36(22-29-13-8-5-9-14-29)24-31(30)38-32-15-10-18-37-32/h4-9,11-14,19-20,30-32,34H,10,15-18,21-24H2,1-3H3/t30-,31+,32?/m0/s1. The van der Waals surface area contributed by atoms with E-state index in [2.05, 4.69) is 94.2 Å². The highest BCUT2D eigenvalue weighted by atomic mass is 32.2. The molecule has 2 fully saturated rings. The molecule has 5 rings (SSSR count). The Morgan fingerprint density at radius 3 is 2.05 bits per heavy atom. The first-order chi connectivity index (χ1) is 20.0. The van der Waals surface area contributed by atoms with Gasteiger partial charge in [-0.15, -0.1) is 0 Å². The second kappa shape index (κ2) is 15.2. The lowest BCUT2D eigenvalue weighted by Crippen LogP contribution is -2.56. The van der Waals surface area contributed by atoms with Crippen LogP contribution in [-0.4, -0.2) is 61.0 Å². The average Bonchev–Trinajstić information content (AvgIpc) is 3.47. The summed E-state index contributed by atoms with van der Waals surface area (Å²) < 4.78 is 21.8. The Hall–Kier alpha value is -2.43. The van der Waals surface area contributed by atoms with Gasteiger partial charge in [0.1, 0.15) is 12.2 Å². The van der Waals surface area contributed by atoms with Gasteiger partial charge in [-0.2, -0.15) is 0 Å². The first kappa shape index (κ1) is 30.0. The fourth-order valence-corrected chi connectivity index (χ4v) is 6.24. The molecule has 2 aliphatic rings. The maximum Gasteiger partial charge on any atom is 0.172 e. The third-order valence-corrected chi connectivity index (χ3v) is 8.28. The Kier molecular flexibility index (Phi) is 11.1. The predicted octanol–water partition coefficient (Wildman–Crippen LogP) is 5.98. The third-order valence-electron chi connectivity index (χ3n) is 7.74. The Labute approximate surface area is 249 Å². The van der Waals surface area contributed by atoms with Crippen LogP contribution >= 0.6 is 12.2 Å². The van der Waals surface area contributed by atoms with E-state index in [0.717, 1.165) is 87.8 Å². The average molecular weight is 578 g/mol. The van der Waals surface area contributed by atoms with Crippen LogP contribution in [0.25, 0.3) is 0 Å². The number of nitrogens with zero attached hydrogens (tertiary/aromatic N) is 2. The molecule has 8 heteroatoms. The topological polar surface area (TPSA) is 55.4 Å². The van der Waals surface area contributed by atoms with Gasteiger partial charge in [-0.25, -0.2) is 4.72 Å². The summed E-state index contributed by atoms with van der Waals surface area (Å²) in [6.45, 7) is 12.2. The van der Waals surface area contributed by atoms with Gasteiger partial charge in [0, 0.05) is 52.3 Å². The number of rotatable bonds is 11. The highest BCUT2D eigenvalue weighted by molar-refractivity contribution is 7.92. The van der Waals surface area contributed by atoms with Crippen molar-refractivity contribution in [1.29, 1.82) is 0 Å². The lowest BCUT2D eigenvalue weighted by atomic mass is 10.1. The first-order valence-electron chi connectivity index (χ1n) is 14.7. The molecule has 2 saturated heterocycles. The summed E-state index contributed by atoms with van der Waals surface area (Å²) in [4.78, 5) is 10.8. The van der Waals surface area contributed by atoms with Gasteiger partial charge in [-0.1, -0.05) is 82.7 Å². The Balaban J connectivity index is 1.32. The first-order valence-corrected chi connectivity index (χ1v) is 15.4. The van der Waals surface area contributed by atoms with E-state index in [4.69, 9.17) is 18.7 Å². The molecule has 0 radical (unpaired) electrons. The van der Waals surface area contributed by atoms with Crippen LogP contribution in [-0.2, 0) is 26.9 Å². The van der Waals surface area contributed by atoms with Crippen molar-refractivity contribution in [2.24, 2.45) is 0 Å². The molecule has 0 bridgehead atoms. The zero-order valence-corrected chi connectivity index (χ0v) is 25.3. The minimum atomic E-state index is -0.176. The molecule has 3 aromatic carbocycles. The van der Waals surface area contributed by atoms with Crippen LogP contribution < -0.4 is 9.61 Å². The summed E-state index contributed by atoms with van der Waals surface area (Å²) in [5.74, 6) is 0.759. The molecular weight excluding hydrogens is 534 g/mol. The summed E-state index contributed by atoms with van der Waals surface area (Å²) in [7, 11) is 0. The molecule has 220 valence electrons. The van der Waals surface area contributed by atoms with Gasteiger partial charge >= 0.3 is 0 Å². The summed E-state index contributed by atoms with van der Waals surface area (Å²) >= 11 is 1.13. The Morgan fingerprint density at radius 1 is 0.854 bits per heavy atom. The monoisotopic (exact) mass is 577 g/mol. The molecule has 0 spiro atoms. The maximum absolute atomic E-state index is 6.67. The summed E-state index contributed by atoms with van der Waals surface area (Å²) in [6.07, 6.45) is 1.68. The van der Waals surface area contributed by atoms with Crippen molar-refractivity contribution in [2.45, 2.75) is 65.1 Å². The molecule has 2 aliphatic heterocycles. The van der Waals surface area contributed by atoms with Crippen molar-refractivity contribution in [3.8, 4) is 5.75 Å². The van der Waals surface area contributed by atoms with Crippen LogP contribution in [0.4, 0.5) is 0 Å². The van der Waals surface area contributed by atoms with Crippen molar-refractivity contribution in [2.75, 3.05) is 32.8 Å². The van der Waals surface area contributed by atoms with E-state index in [1.54, 1.807) is 0 Å². The van der Waals surface area contributed by atoms with Crippen molar-refractivity contribution >= 4 is 12.2 Å². The van der Waals surface area contributed by atoms with Gasteiger partial charge in [0.25, 0.3) is 0 Å². The molecule has 0 aliphatic carbocycles. The molecule has 0 saturated carbocycles. The van der Waals surface area contributed by atoms with Gasteiger partial charge in [0.15, 0.2) is 12.0 Å². The lowest BCUT2D eigenvalue weighted by molar-refractivity contribution is -0.160. The van der Waals surface area contributed by atoms with Crippen LogP contribution in [0.3, 0.4) is 0 Å². The number of hydrogen-bond donors (Lipinski definition) is 1. The smallest absolute Gasteiger partial charge is 0.172 e. The van der Waals surface area contributed by atoms with Gasteiger partial charge in [-0.05, 0) is 49.4 Å². The largest absolute Gasteiger partial charge is 0.353 e. The van der Waals surface area contributed by atoms with Gasteiger partial charge < -0.3 is 14.4 Å². The van der Waals surface area contributed by atoms with Crippen LogP contribution in [0.1, 0.15) is 40.7 Å². The van der Waals surface area contributed by atoms with Crippen LogP contribution in [0.2, 0.25) is 0 Å². The zero-order chi connectivity index (χ0) is 28.4. The van der Waals surface area contributed by atoms with Crippen LogP contribution in [0.15, 0.2) is 72.8 Å². The van der Waals surface area contributed by atoms with Crippen LogP contribution in [0.5, 0.6) is 5.75 Å². The summed E-state index contributed by atoms with van der Waals surface area (Å²) in [5.41, 5.74) is 5.92. The van der Waals surface area contributed by atoms with Crippen LogP contribution in [0, 0.1) is 20.8 Å². The van der Waals surface area contributed by atoms with E-state index in [1.165, 1.54) is 16.7 Å². The number of hydrogen-bond acceptors (Lipinski definition) is 8. The molecule has 0 amide bonds. The minimum absolute atomic E-state index is 0.0182. The third kappa shape index (κ3) is 9.03. The molecule has 3 aromatic rings. The lowest BCUT2D eigenvalue weighted by Gasteiger charge is -2.40. The second-order valence-electron chi connectivity index (χ2n) is 11.2. The fraction of sp³-hybridized carbons (Fsp3) is 0.455. The minimum Gasteiger partial charge on any atom is -0.353 e. The number of nitrogens with one attached hydrogen (secondary N) is 1. The van der Waals surface area contributed by atoms with E-state index >= 15 is 0 Å². The Morgan fingerprint density at radius 2 is 1.46 bits per heavy atom. The fourth-order valence-electron chi connectivity index (χ4n) is 5.75. The van der Waals surface area contributed by atoms with Gasteiger partial charge in [-0.3, -0.25) is 9.80 Å². The number of benzene rings is 3. The van der Waals surface area contributed by atoms with E-state index in [0.29, 0.717) is 0 Å².